The van der Waals surface area contributed by atoms with Gasteiger partial charge in [0.15, 0.2) is 0 Å². The summed E-state index contributed by atoms with van der Waals surface area (Å²) >= 11 is 0. The Balaban J connectivity index is 0. The maximum atomic E-state index is 8.24. The van der Waals surface area contributed by atoms with E-state index >= 15 is 0 Å². The molecule has 0 rings (SSSR count). The summed E-state index contributed by atoms with van der Waals surface area (Å²) in [6.45, 7) is 10.6. The highest BCUT2D eigenvalue weighted by Gasteiger charge is 1.89. The van der Waals surface area contributed by atoms with Crippen molar-refractivity contribution in [1.29, 1.82) is 0 Å². The first kappa shape index (κ1) is 12.1. The molecule has 0 aromatic rings. The molecule has 10 heavy (non-hydrogen) atoms. The molecule has 0 atom stereocenters. The Morgan fingerprint density at radius 3 is 1.40 bits per heavy atom. The normalized spacial score (nSPS) is 8.40. The van der Waals surface area contributed by atoms with E-state index in [4.69, 9.17) is 9.90 Å². The zero-order chi connectivity index (χ0) is 8.41. The smallest absolute Gasteiger partial charge is 0.414 e. The van der Waals surface area contributed by atoms with Crippen LogP contribution in [0.5, 0.6) is 0 Å². The van der Waals surface area contributed by atoms with E-state index in [-0.39, 0.29) is 0 Å². The number of rotatable bonds is 3. The average Bonchev–Trinajstić information content (AvgIpc) is 1.93. The molecule has 0 aliphatic heterocycles. The highest BCUT2D eigenvalue weighted by Crippen LogP contribution is 1.81. The van der Waals surface area contributed by atoms with Crippen LogP contribution < -0.4 is 0 Å². The van der Waals surface area contributed by atoms with Gasteiger partial charge in [-0.3, -0.25) is 0 Å². The van der Waals surface area contributed by atoms with Crippen LogP contribution in [-0.4, -0.2) is 36.1 Å². The number of aliphatic hydroxyl groups excluding tert-OH is 1. The lowest BCUT2D eigenvalue weighted by Gasteiger charge is -2.13. The van der Waals surface area contributed by atoms with E-state index in [9.17, 15) is 0 Å². The van der Waals surface area contributed by atoms with Crippen molar-refractivity contribution in [3.8, 4) is 0 Å². The standard InChI is InChI=1S/C6H15N.CHO2/c1-4-7(5-2)6-3;2-1-3/h4-6H2,1-3H3;(H,2,3). The molecular weight excluding hydrogens is 130 g/mol. The first-order chi connectivity index (χ1) is 4.76. The molecule has 0 saturated carbocycles. The summed E-state index contributed by atoms with van der Waals surface area (Å²) in [5.41, 5.74) is 0. The van der Waals surface area contributed by atoms with E-state index in [1.54, 1.807) is 0 Å². The largest absolute Gasteiger partial charge is 0.473 e. The lowest BCUT2D eigenvalue weighted by molar-refractivity contribution is 0.321. The topological polar surface area (TPSA) is 40.5 Å². The molecule has 0 saturated heterocycles. The summed E-state index contributed by atoms with van der Waals surface area (Å²) in [6, 6.07) is 0. The number of hydrogen-bond acceptors (Lipinski definition) is 2. The molecule has 0 spiro atoms. The van der Waals surface area contributed by atoms with E-state index in [1.165, 1.54) is 19.6 Å². The summed E-state index contributed by atoms with van der Waals surface area (Å²) in [7, 11) is 0. The van der Waals surface area contributed by atoms with Gasteiger partial charge in [0, 0.05) is 0 Å². The van der Waals surface area contributed by atoms with Crippen molar-refractivity contribution in [2.45, 2.75) is 20.8 Å². The van der Waals surface area contributed by atoms with E-state index < -0.39 is 0 Å². The highest BCUT2D eigenvalue weighted by molar-refractivity contribution is 5.34. The second-order valence-corrected chi connectivity index (χ2v) is 1.71. The predicted molar refractivity (Wildman–Crippen MR) is 41.8 cm³/mol. The van der Waals surface area contributed by atoms with Crippen LogP contribution in [0, 0.1) is 0 Å². The lowest BCUT2D eigenvalue weighted by Crippen LogP contribution is -2.21. The highest BCUT2D eigenvalue weighted by atomic mass is 16.3. The third kappa shape index (κ3) is 10.4. The van der Waals surface area contributed by atoms with Gasteiger partial charge in [-0.2, -0.15) is 0 Å². The predicted octanol–water partition coefficient (Wildman–Crippen LogP) is 0.960. The summed E-state index contributed by atoms with van der Waals surface area (Å²) in [6.07, 6.45) is 0. The van der Waals surface area contributed by atoms with Gasteiger partial charge in [-0.05, 0) is 19.6 Å². The van der Waals surface area contributed by atoms with Gasteiger partial charge in [0.25, 0.3) is 0 Å². The molecule has 0 fully saturated rings. The maximum absolute atomic E-state index is 8.24. The molecule has 1 N–H and O–H groups in total. The molecule has 1 radical (unpaired) electrons. The third-order valence-corrected chi connectivity index (χ3v) is 1.34. The summed E-state index contributed by atoms with van der Waals surface area (Å²) in [5, 5.41) is 6.76. The summed E-state index contributed by atoms with van der Waals surface area (Å²) < 4.78 is 0. The fourth-order valence-corrected chi connectivity index (χ4v) is 0.671. The van der Waals surface area contributed by atoms with Crippen LogP contribution in [0.4, 0.5) is 0 Å². The van der Waals surface area contributed by atoms with Crippen LogP contribution in [0.1, 0.15) is 20.8 Å². The van der Waals surface area contributed by atoms with Gasteiger partial charge in [-0.15, -0.1) is 0 Å². The quantitative estimate of drug-likeness (QED) is 0.644. The first-order valence-electron chi connectivity index (χ1n) is 3.50. The van der Waals surface area contributed by atoms with Gasteiger partial charge < -0.3 is 10.0 Å². The Labute approximate surface area is 62.7 Å². The van der Waals surface area contributed by atoms with Gasteiger partial charge in [0.1, 0.15) is 0 Å². The van der Waals surface area contributed by atoms with E-state index in [0.29, 0.717) is 6.47 Å². The van der Waals surface area contributed by atoms with Crippen LogP contribution in [0.15, 0.2) is 0 Å². The minimum atomic E-state index is 0.500. The third-order valence-electron chi connectivity index (χ3n) is 1.34. The van der Waals surface area contributed by atoms with Crippen molar-refractivity contribution in [1.82, 2.24) is 4.90 Å². The molecule has 0 heterocycles. The average molecular weight is 146 g/mol. The van der Waals surface area contributed by atoms with Crippen molar-refractivity contribution in [3.63, 3.8) is 0 Å². The molecule has 0 unspecified atom stereocenters. The van der Waals surface area contributed by atoms with Gasteiger partial charge in [0.05, 0.1) is 0 Å². The van der Waals surface area contributed by atoms with Crippen molar-refractivity contribution >= 4 is 6.47 Å². The van der Waals surface area contributed by atoms with Gasteiger partial charge in [0.2, 0.25) is 0 Å². The Morgan fingerprint density at radius 2 is 1.40 bits per heavy atom. The monoisotopic (exact) mass is 146 g/mol. The van der Waals surface area contributed by atoms with E-state index in [0.717, 1.165) is 0 Å². The molecule has 0 bridgehead atoms. The maximum Gasteiger partial charge on any atom is 0.414 e. The van der Waals surface area contributed by atoms with Crippen LogP contribution >= 0.6 is 0 Å². The van der Waals surface area contributed by atoms with E-state index in [1.807, 2.05) is 0 Å². The molecule has 0 aliphatic carbocycles. The Kier molecular flexibility index (Phi) is 13.7. The number of nitrogens with zero attached hydrogens (tertiary/aromatic N) is 1. The van der Waals surface area contributed by atoms with Crippen LogP contribution in [0.2, 0.25) is 0 Å². The molecule has 0 aromatic heterocycles. The van der Waals surface area contributed by atoms with Crippen molar-refractivity contribution in [2.24, 2.45) is 0 Å². The fraction of sp³-hybridized carbons (Fsp3) is 0.857. The van der Waals surface area contributed by atoms with Gasteiger partial charge in [-0.25, -0.2) is 4.79 Å². The zero-order valence-electron chi connectivity index (χ0n) is 6.92. The summed E-state index contributed by atoms with van der Waals surface area (Å²) in [4.78, 5) is 10.6. The minimum Gasteiger partial charge on any atom is -0.473 e. The lowest BCUT2D eigenvalue weighted by atomic mass is 10.5. The first-order valence-corrected chi connectivity index (χ1v) is 3.50. The zero-order valence-corrected chi connectivity index (χ0v) is 6.92. The van der Waals surface area contributed by atoms with Crippen LogP contribution in [0.3, 0.4) is 0 Å². The molecular formula is C7H16NO2. The second kappa shape index (κ2) is 11.3. The molecule has 3 nitrogen and oxygen atoms in total. The molecule has 3 heteroatoms. The molecule has 0 aliphatic rings. The van der Waals surface area contributed by atoms with Crippen molar-refractivity contribution in [3.05, 3.63) is 0 Å². The Bertz CT molecular complexity index is 57.1. The van der Waals surface area contributed by atoms with Gasteiger partial charge >= 0.3 is 6.47 Å². The van der Waals surface area contributed by atoms with E-state index in [2.05, 4.69) is 25.7 Å². The van der Waals surface area contributed by atoms with Crippen LogP contribution in [0.25, 0.3) is 0 Å². The Hall–Kier alpha value is -0.570. The minimum absolute atomic E-state index is 0.500. The second-order valence-electron chi connectivity index (χ2n) is 1.71. The Morgan fingerprint density at radius 1 is 1.20 bits per heavy atom. The van der Waals surface area contributed by atoms with Gasteiger partial charge in [-0.1, -0.05) is 20.8 Å². The molecule has 0 amide bonds. The fourth-order valence-electron chi connectivity index (χ4n) is 0.671. The van der Waals surface area contributed by atoms with Crippen molar-refractivity contribution in [2.75, 3.05) is 19.6 Å². The molecule has 61 valence electrons. The molecule has 0 aromatic carbocycles. The van der Waals surface area contributed by atoms with Crippen molar-refractivity contribution < 1.29 is 9.90 Å². The van der Waals surface area contributed by atoms with Crippen LogP contribution in [-0.2, 0) is 4.79 Å². The summed E-state index contributed by atoms with van der Waals surface area (Å²) in [5.74, 6) is 0. The number of hydrogen-bond donors (Lipinski definition) is 1. The SMILES string of the molecule is CCN(CC)CC.O=[C]O.